The van der Waals surface area contributed by atoms with Crippen molar-refractivity contribution in [1.29, 1.82) is 0 Å². The molecule has 1 atom stereocenters. The van der Waals surface area contributed by atoms with Gasteiger partial charge in [0, 0.05) is 13.2 Å². The quantitative estimate of drug-likeness (QED) is 0.540. The summed E-state index contributed by atoms with van der Waals surface area (Å²) in [7, 11) is 0. The van der Waals surface area contributed by atoms with E-state index in [1.54, 1.807) is 0 Å². The maximum absolute atomic E-state index is 5.50. The first kappa shape index (κ1) is 11.0. The third-order valence-corrected chi connectivity index (χ3v) is 1.94. The van der Waals surface area contributed by atoms with E-state index in [4.69, 9.17) is 4.74 Å². The molecule has 0 aromatic carbocycles. The topological polar surface area (TPSA) is 9.23 Å². The Kier molecular flexibility index (Phi) is 6.63. The Labute approximate surface area is 71.1 Å². The van der Waals surface area contributed by atoms with E-state index >= 15 is 0 Å². The van der Waals surface area contributed by atoms with Crippen LogP contribution in [0.2, 0.25) is 0 Å². The van der Waals surface area contributed by atoms with Crippen molar-refractivity contribution in [2.24, 2.45) is 11.8 Å². The minimum Gasteiger partial charge on any atom is -0.381 e. The summed E-state index contributed by atoms with van der Waals surface area (Å²) in [5, 5.41) is 0. The summed E-state index contributed by atoms with van der Waals surface area (Å²) in [5.74, 6) is 1.49. The molecule has 0 rings (SSSR count). The van der Waals surface area contributed by atoms with Crippen LogP contribution in [0.15, 0.2) is 0 Å². The summed E-state index contributed by atoms with van der Waals surface area (Å²) < 4.78 is 5.50. The van der Waals surface area contributed by atoms with Gasteiger partial charge in [-0.25, -0.2) is 0 Å². The van der Waals surface area contributed by atoms with Gasteiger partial charge in [-0.15, -0.1) is 0 Å². The van der Waals surface area contributed by atoms with Crippen LogP contribution in [0.25, 0.3) is 0 Å². The molecular formula is C10H22O. The summed E-state index contributed by atoms with van der Waals surface area (Å²) in [5.41, 5.74) is 0. The van der Waals surface area contributed by atoms with Crippen LogP contribution in [-0.2, 0) is 4.74 Å². The first-order chi connectivity index (χ1) is 5.16. The molecule has 68 valence electrons. The maximum atomic E-state index is 5.50. The smallest absolute Gasteiger partial charge is 0.0491 e. The Morgan fingerprint density at radius 3 is 2.27 bits per heavy atom. The molecule has 1 nitrogen and oxygen atoms in total. The number of hydrogen-bond donors (Lipinski definition) is 0. The molecule has 0 heterocycles. The predicted molar refractivity (Wildman–Crippen MR) is 49.7 cm³/mol. The molecule has 0 aliphatic heterocycles. The lowest BCUT2D eigenvalue weighted by molar-refractivity contribution is 0.0950. The van der Waals surface area contributed by atoms with Gasteiger partial charge in [0.05, 0.1) is 0 Å². The second-order valence-electron chi connectivity index (χ2n) is 3.77. The van der Waals surface area contributed by atoms with E-state index in [9.17, 15) is 0 Å². The summed E-state index contributed by atoms with van der Waals surface area (Å²) in [6.45, 7) is 10.8. The average molecular weight is 158 g/mol. The van der Waals surface area contributed by atoms with Gasteiger partial charge in [-0.3, -0.25) is 0 Å². The van der Waals surface area contributed by atoms with E-state index in [0.717, 1.165) is 25.0 Å². The van der Waals surface area contributed by atoms with Crippen molar-refractivity contribution in [2.75, 3.05) is 13.2 Å². The second kappa shape index (κ2) is 6.66. The molecule has 0 aliphatic rings. The molecule has 0 aromatic rings. The molecule has 0 saturated carbocycles. The Morgan fingerprint density at radius 1 is 1.18 bits per heavy atom. The van der Waals surface area contributed by atoms with Crippen molar-refractivity contribution >= 4 is 0 Å². The lowest BCUT2D eigenvalue weighted by atomic mass is 10.1. The molecule has 0 fully saturated rings. The van der Waals surface area contributed by atoms with E-state index < -0.39 is 0 Å². The van der Waals surface area contributed by atoms with Crippen LogP contribution in [0.1, 0.15) is 40.5 Å². The SMILES string of the molecule is CCC(C)COCCC(C)C. The van der Waals surface area contributed by atoms with Crippen LogP contribution in [0.5, 0.6) is 0 Å². The molecule has 1 heteroatoms. The molecule has 11 heavy (non-hydrogen) atoms. The fourth-order valence-corrected chi connectivity index (χ4v) is 0.721. The van der Waals surface area contributed by atoms with Gasteiger partial charge in [0.1, 0.15) is 0 Å². The molecular weight excluding hydrogens is 136 g/mol. The fourth-order valence-electron chi connectivity index (χ4n) is 0.721. The zero-order valence-corrected chi connectivity index (χ0v) is 8.39. The van der Waals surface area contributed by atoms with Gasteiger partial charge in [0.25, 0.3) is 0 Å². The predicted octanol–water partition coefficient (Wildman–Crippen LogP) is 3.10. The number of hydrogen-bond acceptors (Lipinski definition) is 1. The standard InChI is InChI=1S/C10H22O/c1-5-10(4)8-11-7-6-9(2)3/h9-10H,5-8H2,1-4H3. The molecule has 0 radical (unpaired) electrons. The summed E-state index contributed by atoms with van der Waals surface area (Å²) in [6.07, 6.45) is 2.41. The molecule has 0 saturated heterocycles. The van der Waals surface area contributed by atoms with Gasteiger partial charge in [0.15, 0.2) is 0 Å². The van der Waals surface area contributed by atoms with Crippen molar-refractivity contribution in [3.05, 3.63) is 0 Å². The zero-order chi connectivity index (χ0) is 8.69. The van der Waals surface area contributed by atoms with Crippen LogP contribution in [0.3, 0.4) is 0 Å². The Bertz CT molecular complexity index is 78.9. The van der Waals surface area contributed by atoms with Gasteiger partial charge in [-0.2, -0.15) is 0 Å². The Hall–Kier alpha value is -0.0400. The van der Waals surface area contributed by atoms with Gasteiger partial charge in [-0.05, 0) is 18.3 Å². The fraction of sp³-hybridized carbons (Fsp3) is 1.00. The Balaban J connectivity index is 3.01. The van der Waals surface area contributed by atoms with Crippen LogP contribution < -0.4 is 0 Å². The molecule has 0 N–H and O–H groups in total. The highest BCUT2D eigenvalue weighted by molar-refractivity contribution is 4.47. The van der Waals surface area contributed by atoms with Gasteiger partial charge in [-0.1, -0.05) is 34.1 Å². The number of ether oxygens (including phenoxy) is 1. The minimum absolute atomic E-state index is 0.724. The molecule has 1 unspecified atom stereocenters. The highest BCUT2D eigenvalue weighted by atomic mass is 16.5. The normalized spacial score (nSPS) is 13.9. The van der Waals surface area contributed by atoms with Crippen LogP contribution in [-0.4, -0.2) is 13.2 Å². The highest BCUT2D eigenvalue weighted by Crippen LogP contribution is 2.03. The zero-order valence-electron chi connectivity index (χ0n) is 8.39. The van der Waals surface area contributed by atoms with E-state index in [2.05, 4.69) is 27.7 Å². The lowest BCUT2D eigenvalue weighted by Gasteiger charge is -2.10. The monoisotopic (exact) mass is 158 g/mol. The van der Waals surface area contributed by atoms with E-state index in [1.165, 1.54) is 12.8 Å². The lowest BCUT2D eigenvalue weighted by Crippen LogP contribution is -2.06. The maximum Gasteiger partial charge on any atom is 0.0491 e. The first-order valence-corrected chi connectivity index (χ1v) is 4.74. The van der Waals surface area contributed by atoms with Gasteiger partial charge < -0.3 is 4.74 Å². The van der Waals surface area contributed by atoms with Crippen LogP contribution in [0.4, 0.5) is 0 Å². The van der Waals surface area contributed by atoms with Crippen LogP contribution in [0, 0.1) is 11.8 Å². The summed E-state index contributed by atoms with van der Waals surface area (Å²) >= 11 is 0. The third-order valence-electron chi connectivity index (χ3n) is 1.94. The average Bonchev–Trinajstić information content (AvgIpc) is 1.97. The van der Waals surface area contributed by atoms with Gasteiger partial charge >= 0.3 is 0 Å². The highest BCUT2D eigenvalue weighted by Gasteiger charge is 1.98. The molecule has 0 aliphatic carbocycles. The van der Waals surface area contributed by atoms with Crippen molar-refractivity contribution < 1.29 is 4.74 Å². The molecule has 0 spiro atoms. The van der Waals surface area contributed by atoms with Crippen LogP contribution >= 0.6 is 0 Å². The first-order valence-electron chi connectivity index (χ1n) is 4.74. The number of rotatable bonds is 6. The van der Waals surface area contributed by atoms with Crippen molar-refractivity contribution in [3.63, 3.8) is 0 Å². The Morgan fingerprint density at radius 2 is 1.82 bits per heavy atom. The largest absolute Gasteiger partial charge is 0.381 e. The van der Waals surface area contributed by atoms with Crippen molar-refractivity contribution in [2.45, 2.75) is 40.5 Å². The van der Waals surface area contributed by atoms with E-state index in [0.29, 0.717) is 0 Å². The molecule has 0 bridgehead atoms. The summed E-state index contributed by atoms with van der Waals surface area (Å²) in [6, 6.07) is 0. The van der Waals surface area contributed by atoms with Crippen molar-refractivity contribution in [3.8, 4) is 0 Å². The van der Waals surface area contributed by atoms with E-state index in [-0.39, 0.29) is 0 Å². The minimum atomic E-state index is 0.724. The third kappa shape index (κ3) is 7.86. The van der Waals surface area contributed by atoms with Crippen molar-refractivity contribution in [1.82, 2.24) is 0 Å². The summed E-state index contributed by atoms with van der Waals surface area (Å²) in [4.78, 5) is 0. The molecule has 0 aromatic heterocycles. The molecule has 0 amide bonds. The van der Waals surface area contributed by atoms with E-state index in [1.807, 2.05) is 0 Å². The van der Waals surface area contributed by atoms with Gasteiger partial charge in [0.2, 0.25) is 0 Å². The second-order valence-corrected chi connectivity index (χ2v) is 3.77.